The van der Waals surface area contributed by atoms with E-state index in [0.29, 0.717) is 13.2 Å². The Hall–Kier alpha value is -0.930. The zero-order chi connectivity index (χ0) is 9.73. The molecule has 1 N–H and O–H groups in total. The van der Waals surface area contributed by atoms with E-state index in [-0.39, 0.29) is 0 Å². The lowest BCUT2D eigenvalue weighted by molar-refractivity contribution is -0.0345. The van der Waals surface area contributed by atoms with Gasteiger partial charge in [-0.05, 0) is 19.9 Å². The molecule has 0 aromatic carbocycles. The number of nitrogens with zero attached hydrogens (tertiary/aromatic N) is 1. The number of hydrogen-bond acceptors (Lipinski definition) is 3. The molecule has 0 spiro atoms. The van der Waals surface area contributed by atoms with Crippen molar-refractivity contribution in [2.45, 2.75) is 19.4 Å². The van der Waals surface area contributed by atoms with Crippen LogP contribution >= 0.6 is 0 Å². The monoisotopic (exact) mass is 181 g/mol. The summed E-state index contributed by atoms with van der Waals surface area (Å²) >= 11 is 0. The molecule has 1 aromatic rings. The predicted molar refractivity (Wildman–Crippen MR) is 50.3 cm³/mol. The second-order valence-electron chi connectivity index (χ2n) is 3.15. The van der Waals surface area contributed by atoms with Crippen molar-refractivity contribution in [1.82, 2.24) is 4.98 Å². The Morgan fingerprint density at radius 1 is 1.62 bits per heavy atom. The highest BCUT2D eigenvalue weighted by atomic mass is 16.5. The van der Waals surface area contributed by atoms with E-state index in [1.165, 1.54) is 0 Å². The average Bonchev–Trinajstić information content (AvgIpc) is 2.16. The maximum atomic E-state index is 9.95. The van der Waals surface area contributed by atoms with Gasteiger partial charge in [0.05, 0.1) is 6.61 Å². The summed E-state index contributed by atoms with van der Waals surface area (Å²) in [6, 6.07) is 3.64. The topological polar surface area (TPSA) is 42.4 Å². The van der Waals surface area contributed by atoms with E-state index in [1.807, 2.05) is 13.0 Å². The summed E-state index contributed by atoms with van der Waals surface area (Å²) in [4.78, 5) is 3.94. The summed E-state index contributed by atoms with van der Waals surface area (Å²) in [6.07, 6.45) is 3.33. The lowest BCUT2D eigenvalue weighted by Crippen LogP contribution is -2.27. The van der Waals surface area contributed by atoms with Crippen molar-refractivity contribution in [3.05, 3.63) is 30.1 Å². The van der Waals surface area contributed by atoms with Gasteiger partial charge in [0.2, 0.25) is 0 Å². The summed E-state index contributed by atoms with van der Waals surface area (Å²) in [6.45, 7) is 4.53. The second-order valence-corrected chi connectivity index (χ2v) is 3.15. The third kappa shape index (κ3) is 2.79. The smallest absolute Gasteiger partial charge is 0.112 e. The standard InChI is InChI=1S/C10H15NO2/c1-3-13-8-10(2,12)9-5-4-6-11-7-9/h4-7,12H,3,8H2,1-2H3. The molecule has 0 saturated heterocycles. The van der Waals surface area contributed by atoms with Crippen LogP contribution in [0.2, 0.25) is 0 Å². The quantitative estimate of drug-likeness (QED) is 0.761. The summed E-state index contributed by atoms with van der Waals surface area (Å²) in [5.41, 5.74) is -0.159. The van der Waals surface area contributed by atoms with Gasteiger partial charge in [-0.2, -0.15) is 0 Å². The largest absolute Gasteiger partial charge is 0.383 e. The minimum absolute atomic E-state index is 0.301. The van der Waals surface area contributed by atoms with E-state index in [9.17, 15) is 5.11 Å². The summed E-state index contributed by atoms with van der Waals surface area (Å²) < 4.78 is 5.17. The fraction of sp³-hybridized carbons (Fsp3) is 0.500. The van der Waals surface area contributed by atoms with Gasteiger partial charge in [-0.1, -0.05) is 6.07 Å². The second kappa shape index (κ2) is 4.35. The highest BCUT2D eigenvalue weighted by Crippen LogP contribution is 2.19. The minimum Gasteiger partial charge on any atom is -0.383 e. The number of rotatable bonds is 4. The zero-order valence-electron chi connectivity index (χ0n) is 8.03. The molecule has 0 amide bonds. The third-order valence-electron chi connectivity index (χ3n) is 1.87. The molecule has 1 unspecified atom stereocenters. The Labute approximate surface area is 78.4 Å². The van der Waals surface area contributed by atoms with Crippen molar-refractivity contribution in [3.63, 3.8) is 0 Å². The molecule has 1 atom stereocenters. The van der Waals surface area contributed by atoms with Crippen molar-refractivity contribution in [2.75, 3.05) is 13.2 Å². The summed E-state index contributed by atoms with van der Waals surface area (Å²) in [7, 11) is 0. The first-order valence-electron chi connectivity index (χ1n) is 4.37. The molecule has 0 fully saturated rings. The Morgan fingerprint density at radius 2 is 2.38 bits per heavy atom. The van der Waals surface area contributed by atoms with Gasteiger partial charge >= 0.3 is 0 Å². The van der Waals surface area contributed by atoms with Crippen LogP contribution in [0, 0.1) is 0 Å². The first-order chi connectivity index (χ1) is 6.17. The molecular weight excluding hydrogens is 166 g/mol. The fourth-order valence-electron chi connectivity index (χ4n) is 1.07. The van der Waals surface area contributed by atoms with Gasteiger partial charge in [0.15, 0.2) is 0 Å². The number of pyridine rings is 1. The van der Waals surface area contributed by atoms with Crippen LogP contribution in [0.15, 0.2) is 24.5 Å². The highest BCUT2D eigenvalue weighted by Gasteiger charge is 2.22. The Kier molecular flexibility index (Phi) is 3.39. The number of ether oxygens (including phenoxy) is 1. The van der Waals surface area contributed by atoms with Gasteiger partial charge in [0.1, 0.15) is 5.60 Å². The van der Waals surface area contributed by atoms with Gasteiger partial charge in [-0.3, -0.25) is 4.98 Å². The molecule has 3 nitrogen and oxygen atoms in total. The van der Waals surface area contributed by atoms with Crippen LogP contribution in [0.1, 0.15) is 19.4 Å². The maximum absolute atomic E-state index is 9.95. The molecule has 13 heavy (non-hydrogen) atoms. The minimum atomic E-state index is -0.940. The molecule has 72 valence electrons. The van der Waals surface area contributed by atoms with Crippen molar-refractivity contribution in [1.29, 1.82) is 0 Å². The summed E-state index contributed by atoms with van der Waals surface area (Å²) in [5.74, 6) is 0. The van der Waals surface area contributed by atoms with Crippen molar-refractivity contribution < 1.29 is 9.84 Å². The molecular formula is C10H15NO2. The Balaban J connectivity index is 2.69. The molecule has 1 aromatic heterocycles. The van der Waals surface area contributed by atoms with Crippen molar-refractivity contribution in [2.24, 2.45) is 0 Å². The third-order valence-corrected chi connectivity index (χ3v) is 1.87. The molecule has 0 bridgehead atoms. The van der Waals surface area contributed by atoms with Crippen LogP contribution in [0.25, 0.3) is 0 Å². The lowest BCUT2D eigenvalue weighted by atomic mass is 9.99. The van der Waals surface area contributed by atoms with E-state index < -0.39 is 5.60 Å². The molecule has 0 aliphatic heterocycles. The van der Waals surface area contributed by atoms with Gasteiger partial charge in [-0.15, -0.1) is 0 Å². The van der Waals surface area contributed by atoms with E-state index in [4.69, 9.17) is 4.74 Å². The van der Waals surface area contributed by atoms with E-state index >= 15 is 0 Å². The number of aromatic nitrogens is 1. The first-order valence-corrected chi connectivity index (χ1v) is 4.37. The molecule has 3 heteroatoms. The van der Waals surface area contributed by atoms with Gasteiger partial charge in [-0.25, -0.2) is 0 Å². The SMILES string of the molecule is CCOCC(C)(O)c1cccnc1. The van der Waals surface area contributed by atoms with Crippen molar-refractivity contribution >= 4 is 0 Å². The van der Waals surface area contributed by atoms with Gasteiger partial charge < -0.3 is 9.84 Å². The van der Waals surface area contributed by atoms with Crippen LogP contribution in [0.4, 0.5) is 0 Å². The van der Waals surface area contributed by atoms with Gasteiger partial charge in [0.25, 0.3) is 0 Å². The van der Waals surface area contributed by atoms with Crippen LogP contribution in [0.3, 0.4) is 0 Å². The average molecular weight is 181 g/mol. The normalized spacial score (nSPS) is 15.3. The molecule has 0 radical (unpaired) electrons. The first kappa shape index (κ1) is 10.2. The molecule has 0 aliphatic carbocycles. The summed E-state index contributed by atoms with van der Waals surface area (Å²) in [5, 5.41) is 9.95. The Morgan fingerprint density at radius 3 is 2.92 bits per heavy atom. The highest BCUT2D eigenvalue weighted by molar-refractivity contribution is 5.16. The lowest BCUT2D eigenvalue weighted by Gasteiger charge is -2.22. The maximum Gasteiger partial charge on any atom is 0.112 e. The van der Waals surface area contributed by atoms with Crippen LogP contribution in [0.5, 0.6) is 0 Å². The molecule has 0 aliphatic rings. The molecule has 0 saturated carbocycles. The van der Waals surface area contributed by atoms with Crippen LogP contribution in [-0.4, -0.2) is 23.3 Å². The molecule has 1 rings (SSSR count). The van der Waals surface area contributed by atoms with E-state index in [2.05, 4.69) is 4.98 Å². The molecule has 1 heterocycles. The van der Waals surface area contributed by atoms with Crippen LogP contribution in [-0.2, 0) is 10.3 Å². The number of aliphatic hydroxyl groups is 1. The van der Waals surface area contributed by atoms with E-state index in [1.54, 1.807) is 25.4 Å². The fourth-order valence-corrected chi connectivity index (χ4v) is 1.07. The van der Waals surface area contributed by atoms with Crippen LogP contribution < -0.4 is 0 Å². The zero-order valence-corrected chi connectivity index (χ0v) is 8.03. The predicted octanol–water partition coefficient (Wildman–Crippen LogP) is 1.33. The van der Waals surface area contributed by atoms with E-state index in [0.717, 1.165) is 5.56 Å². The number of hydrogen-bond donors (Lipinski definition) is 1. The Bertz CT molecular complexity index is 246. The van der Waals surface area contributed by atoms with Crippen molar-refractivity contribution in [3.8, 4) is 0 Å². The van der Waals surface area contributed by atoms with Gasteiger partial charge in [0, 0.05) is 24.6 Å².